The monoisotopic (exact) mass is 273 g/mol. The maximum absolute atomic E-state index is 6.04. The highest BCUT2D eigenvalue weighted by molar-refractivity contribution is 9.10. The largest absolute Gasteiger partial charge is 0.371 e. The van der Waals surface area contributed by atoms with Crippen LogP contribution in [0.2, 0.25) is 5.02 Å². The topological polar surface area (TPSA) is 3.24 Å². The van der Waals surface area contributed by atoms with E-state index in [2.05, 4.69) is 33.8 Å². The molecule has 1 aromatic rings. The Labute approximate surface area is 98.2 Å². The second kappa shape index (κ2) is 4.11. The Kier molecular flexibility index (Phi) is 3.03. The molecule has 0 atom stereocenters. The molecule has 0 aromatic heterocycles. The minimum Gasteiger partial charge on any atom is -0.371 e. The Balaban J connectivity index is 2.08. The summed E-state index contributed by atoms with van der Waals surface area (Å²) in [5, 5.41) is 0.794. The van der Waals surface area contributed by atoms with Gasteiger partial charge in [-0.15, -0.1) is 0 Å². The van der Waals surface area contributed by atoms with Crippen LogP contribution in [0.3, 0.4) is 0 Å². The molecule has 1 aliphatic heterocycles. The van der Waals surface area contributed by atoms with Crippen molar-refractivity contribution >= 4 is 33.2 Å². The normalized spacial score (nSPS) is 16.9. The minimum absolute atomic E-state index is 0.794. The smallest absolute Gasteiger partial charge is 0.0568 e. The van der Waals surface area contributed by atoms with Crippen LogP contribution in [0.5, 0.6) is 0 Å². The lowest BCUT2D eigenvalue weighted by Crippen LogP contribution is -2.46. The molecule has 0 aliphatic carbocycles. The molecule has 14 heavy (non-hydrogen) atoms. The summed E-state index contributed by atoms with van der Waals surface area (Å²) in [6.45, 7) is 4.60. The first-order valence-corrected chi connectivity index (χ1v) is 6.07. The average molecular weight is 275 g/mol. The average Bonchev–Trinajstić information content (AvgIpc) is 2.09. The van der Waals surface area contributed by atoms with Crippen LogP contribution in [0.4, 0.5) is 5.69 Å². The van der Waals surface area contributed by atoms with E-state index in [-0.39, 0.29) is 0 Å². The van der Waals surface area contributed by atoms with Crippen LogP contribution in [0.1, 0.15) is 13.3 Å². The van der Waals surface area contributed by atoms with E-state index in [1.165, 1.54) is 25.2 Å². The molecular weight excluding hydrogens is 261 g/mol. The molecular formula is C11H13BrClN. The van der Waals surface area contributed by atoms with Crippen molar-refractivity contribution in [3.63, 3.8) is 0 Å². The van der Waals surface area contributed by atoms with Gasteiger partial charge < -0.3 is 4.90 Å². The molecule has 0 spiro atoms. The highest BCUT2D eigenvalue weighted by atomic mass is 79.9. The highest BCUT2D eigenvalue weighted by Gasteiger charge is 2.25. The fraction of sp³-hybridized carbons (Fsp3) is 0.455. The Morgan fingerprint density at radius 1 is 1.50 bits per heavy atom. The second-order valence-corrected chi connectivity index (χ2v) is 5.04. The molecule has 0 saturated carbocycles. The Hall–Kier alpha value is -0.210. The van der Waals surface area contributed by atoms with Crippen molar-refractivity contribution < 1.29 is 0 Å². The molecule has 1 nitrogen and oxygen atoms in total. The van der Waals surface area contributed by atoms with E-state index >= 15 is 0 Å². The quantitative estimate of drug-likeness (QED) is 0.789. The number of hydrogen-bond acceptors (Lipinski definition) is 1. The molecule has 3 heteroatoms. The molecule has 0 N–H and O–H groups in total. The van der Waals surface area contributed by atoms with Gasteiger partial charge >= 0.3 is 0 Å². The molecule has 0 amide bonds. The number of nitrogens with zero attached hydrogens (tertiary/aromatic N) is 1. The van der Waals surface area contributed by atoms with Gasteiger partial charge in [0.15, 0.2) is 0 Å². The van der Waals surface area contributed by atoms with Gasteiger partial charge in [-0.1, -0.05) is 18.5 Å². The standard InChI is InChI=1S/C11H13BrClN/c1-2-8-6-14(7-8)9-3-4-10(12)11(13)5-9/h3-5,8H,2,6-7H2,1H3. The van der Waals surface area contributed by atoms with Crippen LogP contribution in [0.15, 0.2) is 22.7 Å². The number of rotatable bonds is 2. The summed E-state index contributed by atoms with van der Waals surface area (Å²) in [7, 11) is 0. The van der Waals surface area contributed by atoms with Crippen LogP contribution in [-0.4, -0.2) is 13.1 Å². The Bertz CT molecular complexity index is 334. The third-order valence-electron chi connectivity index (χ3n) is 2.80. The van der Waals surface area contributed by atoms with E-state index in [9.17, 15) is 0 Å². The van der Waals surface area contributed by atoms with Crippen LogP contribution in [-0.2, 0) is 0 Å². The molecule has 1 aromatic carbocycles. The number of halogens is 2. The van der Waals surface area contributed by atoms with E-state index in [0.29, 0.717) is 0 Å². The fourth-order valence-corrected chi connectivity index (χ4v) is 2.14. The number of benzene rings is 1. The van der Waals surface area contributed by atoms with Crippen LogP contribution in [0.25, 0.3) is 0 Å². The van der Waals surface area contributed by atoms with Gasteiger partial charge in [0.05, 0.1) is 5.02 Å². The van der Waals surface area contributed by atoms with Crippen LogP contribution < -0.4 is 4.90 Å². The van der Waals surface area contributed by atoms with E-state index < -0.39 is 0 Å². The zero-order valence-electron chi connectivity index (χ0n) is 8.13. The zero-order valence-corrected chi connectivity index (χ0v) is 10.5. The van der Waals surface area contributed by atoms with Gasteiger partial charge in [0.1, 0.15) is 0 Å². The Morgan fingerprint density at radius 3 is 2.79 bits per heavy atom. The van der Waals surface area contributed by atoms with Crippen molar-refractivity contribution in [3.8, 4) is 0 Å². The zero-order chi connectivity index (χ0) is 10.1. The van der Waals surface area contributed by atoms with Gasteiger partial charge in [0.25, 0.3) is 0 Å². The molecule has 2 rings (SSSR count). The highest BCUT2D eigenvalue weighted by Crippen LogP contribution is 2.31. The number of hydrogen-bond donors (Lipinski definition) is 0. The van der Waals surface area contributed by atoms with Gasteiger partial charge in [-0.2, -0.15) is 0 Å². The van der Waals surface area contributed by atoms with Crippen molar-refractivity contribution in [2.45, 2.75) is 13.3 Å². The third kappa shape index (κ3) is 1.91. The van der Waals surface area contributed by atoms with Crippen LogP contribution in [0, 0.1) is 5.92 Å². The Morgan fingerprint density at radius 2 is 2.21 bits per heavy atom. The van der Waals surface area contributed by atoms with Gasteiger partial charge in [-0.05, 0) is 46.5 Å². The van der Waals surface area contributed by atoms with Gasteiger partial charge in [0.2, 0.25) is 0 Å². The lowest BCUT2D eigenvalue weighted by Gasteiger charge is -2.40. The SMILES string of the molecule is CCC1CN(c2ccc(Br)c(Cl)c2)C1. The van der Waals surface area contributed by atoms with Crippen LogP contribution >= 0.6 is 27.5 Å². The van der Waals surface area contributed by atoms with Crippen molar-refractivity contribution in [2.24, 2.45) is 5.92 Å². The summed E-state index contributed by atoms with van der Waals surface area (Å²) in [5.74, 6) is 0.873. The molecule has 1 aliphatic rings. The minimum atomic E-state index is 0.794. The molecule has 76 valence electrons. The van der Waals surface area contributed by atoms with Crippen molar-refractivity contribution in [1.29, 1.82) is 0 Å². The summed E-state index contributed by atoms with van der Waals surface area (Å²) in [5.41, 5.74) is 1.24. The van der Waals surface area contributed by atoms with E-state index in [0.717, 1.165) is 15.4 Å². The first-order valence-electron chi connectivity index (χ1n) is 4.90. The fourth-order valence-electron chi connectivity index (χ4n) is 1.72. The lowest BCUT2D eigenvalue weighted by atomic mass is 9.97. The summed E-state index contributed by atoms with van der Waals surface area (Å²) in [6.07, 6.45) is 1.28. The molecule has 1 fully saturated rings. The predicted molar refractivity (Wildman–Crippen MR) is 65.1 cm³/mol. The van der Waals surface area contributed by atoms with Gasteiger partial charge in [0, 0.05) is 23.2 Å². The summed E-state index contributed by atoms with van der Waals surface area (Å²) >= 11 is 9.43. The number of anilines is 1. The summed E-state index contributed by atoms with van der Waals surface area (Å²) in [4.78, 5) is 2.37. The first kappa shape index (κ1) is 10.3. The van der Waals surface area contributed by atoms with Crippen molar-refractivity contribution in [2.75, 3.05) is 18.0 Å². The van der Waals surface area contributed by atoms with Gasteiger partial charge in [-0.3, -0.25) is 0 Å². The molecule has 0 radical (unpaired) electrons. The van der Waals surface area contributed by atoms with Crippen molar-refractivity contribution in [3.05, 3.63) is 27.7 Å². The maximum Gasteiger partial charge on any atom is 0.0568 e. The molecule has 0 bridgehead atoms. The first-order chi connectivity index (χ1) is 6.70. The lowest BCUT2D eigenvalue weighted by molar-refractivity contribution is 0.399. The van der Waals surface area contributed by atoms with Gasteiger partial charge in [-0.25, -0.2) is 0 Å². The summed E-state index contributed by atoms with van der Waals surface area (Å²) < 4.78 is 0.968. The van der Waals surface area contributed by atoms with Crippen molar-refractivity contribution in [1.82, 2.24) is 0 Å². The van der Waals surface area contributed by atoms with E-state index in [1.807, 2.05) is 12.1 Å². The second-order valence-electron chi connectivity index (χ2n) is 3.78. The predicted octanol–water partition coefficient (Wildman–Crippen LogP) is 3.95. The van der Waals surface area contributed by atoms with E-state index in [4.69, 9.17) is 11.6 Å². The third-order valence-corrected chi connectivity index (χ3v) is 4.04. The summed E-state index contributed by atoms with van der Waals surface area (Å²) in [6, 6.07) is 6.15. The maximum atomic E-state index is 6.04. The molecule has 1 heterocycles. The molecule has 0 unspecified atom stereocenters. The molecule has 1 saturated heterocycles. The van der Waals surface area contributed by atoms with E-state index in [1.54, 1.807) is 0 Å².